The van der Waals surface area contributed by atoms with Gasteiger partial charge in [0.15, 0.2) is 0 Å². The molecule has 0 bridgehead atoms. The normalized spacial score (nSPS) is 18.6. The fourth-order valence-electron chi connectivity index (χ4n) is 2.50. The van der Waals surface area contributed by atoms with Crippen molar-refractivity contribution in [1.29, 1.82) is 0 Å². The zero-order chi connectivity index (χ0) is 15.4. The highest BCUT2D eigenvalue weighted by Gasteiger charge is 2.34. The highest BCUT2D eigenvalue weighted by atomic mass is 16.5. The van der Waals surface area contributed by atoms with Crippen LogP contribution in [0.4, 0.5) is 0 Å². The van der Waals surface area contributed by atoms with Crippen molar-refractivity contribution < 1.29 is 14.3 Å². The van der Waals surface area contributed by atoms with Gasteiger partial charge in [-0.1, -0.05) is 0 Å². The minimum Gasteiger partial charge on any atom is -0.464 e. The van der Waals surface area contributed by atoms with Gasteiger partial charge in [0.25, 0.3) is 5.91 Å². The van der Waals surface area contributed by atoms with Crippen molar-refractivity contribution in [3.63, 3.8) is 0 Å². The summed E-state index contributed by atoms with van der Waals surface area (Å²) >= 11 is 0. The smallest absolute Gasteiger partial charge is 0.330 e. The lowest BCUT2D eigenvalue weighted by atomic mass is 10.1. The molecule has 0 saturated carbocycles. The van der Waals surface area contributed by atoms with Gasteiger partial charge in [0.1, 0.15) is 11.7 Å². The van der Waals surface area contributed by atoms with Crippen LogP contribution in [-0.4, -0.2) is 58.8 Å². The van der Waals surface area contributed by atoms with Crippen molar-refractivity contribution in [2.75, 3.05) is 26.2 Å². The summed E-state index contributed by atoms with van der Waals surface area (Å²) in [6.45, 7) is 8.04. The zero-order valence-electron chi connectivity index (χ0n) is 12.8. The summed E-state index contributed by atoms with van der Waals surface area (Å²) in [6, 6.07) is 1.18. The second kappa shape index (κ2) is 6.71. The molecule has 2 rings (SSSR count). The van der Waals surface area contributed by atoms with Gasteiger partial charge in [-0.25, -0.2) is 4.79 Å². The molecule has 1 atom stereocenters. The topological polar surface area (TPSA) is 76.5 Å². The van der Waals surface area contributed by atoms with Crippen molar-refractivity contribution in [1.82, 2.24) is 20.0 Å². The number of hydrogen-bond acceptors (Lipinski definition) is 5. The predicted molar refractivity (Wildman–Crippen MR) is 77.0 cm³/mol. The summed E-state index contributed by atoms with van der Waals surface area (Å²) in [5.41, 5.74) is 1.31. The monoisotopic (exact) mass is 294 g/mol. The Morgan fingerprint density at radius 1 is 1.48 bits per heavy atom. The Labute approximate surface area is 124 Å². The number of carbonyl (C=O) groups excluding carboxylic acids is 2. The van der Waals surface area contributed by atoms with Gasteiger partial charge < -0.3 is 15.0 Å². The molecule has 2 heterocycles. The van der Waals surface area contributed by atoms with Crippen molar-refractivity contribution in [3.05, 3.63) is 17.5 Å². The quantitative estimate of drug-likeness (QED) is 0.802. The van der Waals surface area contributed by atoms with E-state index in [2.05, 4.69) is 10.4 Å². The second-order valence-electron chi connectivity index (χ2n) is 4.96. The molecule has 1 N–H and O–H groups in total. The SMILES string of the molecule is CCOC(=O)C1CNCCN1C(=O)c1cc(C)nn1CC. The van der Waals surface area contributed by atoms with Crippen LogP contribution in [-0.2, 0) is 16.1 Å². The number of esters is 1. The number of hydrogen-bond donors (Lipinski definition) is 1. The Morgan fingerprint density at radius 3 is 2.90 bits per heavy atom. The standard InChI is InChI=1S/C14H22N4O3/c1-4-18-11(8-10(3)16-18)13(19)17-7-6-15-9-12(17)14(20)21-5-2/h8,12,15H,4-7,9H2,1-3H3. The van der Waals surface area contributed by atoms with E-state index in [4.69, 9.17) is 4.74 Å². The molecule has 1 fully saturated rings. The van der Waals surface area contributed by atoms with Crippen LogP contribution >= 0.6 is 0 Å². The van der Waals surface area contributed by atoms with E-state index >= 15 is 0 Å². The van der Waals surface area contributed by atoms with Gasteiger partial charge in [0, 0.05) is 26.2 Å². The molecule has 1 saturated heterocycles. The first-order valence-electron chi connectivity index (χ1n) is 7.31. The Morgan fingerprint density at radius 2 is 2.24 bits per heavy atom. The Hall–Kier alpha value is -1.89. The molecule has 1 aromatic rings. The van der Waals surface area contributed by atoms with Crippen LogP contribution in [0.15, 0.2) is 6.07 Å². The highest BCUT2D eigenvalue weighted by Crippen LogP contribution is 2.13. The summed E-state index contributed by atoms with van der Waals surface area (Å²) in [5.74, 6) is -0.533. The molecule has 1 aromatic heterocycles. The van der Waals surface area contributed by atoms with E-state index in [0.717, 1.165) is 5.69 Å². The van der Waals surface area contributed by atoms with Crippen LogP contribution < -0.4 is 5.32 Å². The van der Waals surface area contributed by atoms with Gasteiger partial charge in [0.2, 0.25) is 0 Å². The summed E-state index contributed by atoms with van der Waals surface area (Å²) in [7, 11) is 0. The minimum absolute atomic E-state index is 0.169. The first kappa shape index (κ1) is 15.5. The van der Waals surface area contributed by atoms with Crippen molar-refractivity contribution in [3.8, 4) is 0 Å². The van der Waals surface area contributed by atoms with E-state index in [9.17, 15) is 9.59 Å². The first-order valence-corrected chi connectivity index (χ1v) is 7.31. The number of ether oxygens (including phenoxy) is 1. The van der Waals surface area contributed by atoms with Gasteiger partial charge in [-0.2, -0.15) is 5.10 Å². The van der Waals surface area contributed by atoms with Crippen LogP contribution in [0.1, 0.15) is 30.0 Å². The number of aryl methyl sites for hydroxylation is 2. The third kappa shape index (κ3) is 3.24. The fourth-order valence-corrected chi connectivity index (χ4v) is 2.50. The van der Waals surface area contributed by atoms with E-state index in [1.807, 2.05) is 13.8 Å². The molecule has 116 valence electrons. The molecule has 1 amide bonds. The van der Waals surface area contributed by atoms with Gasteiger partial charge in [-0.3, -0.25) is 9.48 Å². The lowest BCUT2D eigenvalue weighted by Crippen LogP contribution is -2.57. The molecule has 21 heavy (non-hydrogen) atoms. The Balaban J connectivity index is 2.24. The molecule has 0 aliphatic carbocycles. The third-order valence-electron chi connectivity index (χ3n) is 3.48. The van der Waals surface area contributed by atoms with Crippen molar-refractivity contribution in [2.24, 2.45) is 0 Å². The average Bonchev–Trinajstić information content (AvgIpc) is 2.88. The summed E-state index contributed by atoms with van der Waals surface area (Å²) in [4.78, 5) is 26.3. The van der Waals surface area contributed by atoms with Crippen molar-refractivity contribution in [2.45, 2.75) is 33.4 Å². The van der Waals surface area contributed by atoms with Crippen LogP contribution in [0.2, 0.25) is 0 Å². The van der Waals surface area contributed by atoms with Crippen LogP contribution in [0.5, 0.6) is 0 Å². The predicted octanol–water partition coefficient (Wildman–Crippen LogP) is 0.189. The van der Waals surface area contributed by atoms with Crippen LogP contribution in [0.25, 0.3) is 0 Å². The Bertz CT molecular complexity index is 526. The minimum atomic E-state index is -0.577. The summed E-state index contributed by atoms with van der Waals surface area (Å²) < 4.78 is 6.73. The van der Waals surface area contributed by atoms with E-state index in [1.54, 1.807) is 22.6 Å². The van der Waals surface area contributed by atoms with Gasteiger partial charge >= 0.3 is 5.97 Å². The van der Waals surface area contributed by atoms with E-state index < -0.39 is 6.04 Å². The van der Waals surface area contributed by atoms with Gasteiger partial charge in [-0.05, 0) is 26.8 Å². The number of amides is 1. The molecule has 1 aliphatic rings. The van der Waals surface area contributed by atoms with E-state index in [-0.39, 0.29) is 11.9 Å². The van der Waals surface area contributed by atoms with Gasteiger partial charge in [-0.15, -0.1) is 0 Å². The van der Waals surface area contributed by atoms with Crippen molar-refractivity contribution >= 4 is 11.9 Å². The molecular weight excluding hydrogens is 272 g/mol. The molecule has 7 nitrogen and oxygen atoms in total. The Kier molecular flexibility index (Phi) is 4.95. The molecular formula is C14H22N4O3. The number of nitrogens with zero attached hydrogens (tertiary/aromatic N) is 3. The van der Waals surface area contributed by atoms with Gasteiger partial charge in [0.05, 0.1) is 12.3 Å². The molecule has 0 aromatic carbocycles. The maximum atomic E-state index is 12.7. The molecule has 0 radical (unpaired) electrons. The molecule has 0 spiro atoms. The number of aromatic nitrogens is 2. The number of carbonyl (C=O) groups is 2. The van der Waals surface area contributed by atoms with E-state index in [0.29, 0.717) is 38.5 Å². The third-order valence-corrected chi connectivity index (χ3v) is 3.48. The van der Waals surface area contributed by atoms with Crippen LogP contribution in [0, 0.1) is 6.92 Å². The summed E-state index contributed by atoms with van der Waals surface area (Å²) in [6.07, 6.45) is 0. The zero-order valence-corrected chi connectivity index (χ0v) is 12.8. The molecule has 7 heteroatoms. The van der Waals surface area contributed by atoms with E-state index in [1.165, 1.54) is 0 Å². The highest BCUT2D eigenvalue weighted by molar-refractivity contribution is 5.95. The maximum Gasteiger partial charge on any atom is 0.330 e. The molecule has 1 unspecified atom stereocenters. The number of piperazine rings is 1. The van der Waals surface area contributed by atoms with Crippen LogP contribution in [0.3, 0.4) is 0 Å². The lowest BCUT2D eigenvalue weighted by molar-refractivity contribution is -0.149. The molecule has 1 aliphatic heterocycles. The second-order valence-corrected chi connectivity index (χ2v) is 4.96. The number of nitrogens with one attached hydrogen (secondary N) is 1. The fraction of sp³-hybridized carbons (Fsp3) is 0.643. The average molecular weight is 294 g/mol. The summed E-state index contributed by atoms with van der Waals surface area (Å²) in [5, 5.41) is 7.42. The largest absolute Gasteiger partial charge is 0.464 e. The first-order chi connectivity index (χ1) is 10.1. The number of rotatable bonds is 4. The maximum absolute atomic E-state index is 12.7. The lowest BCUT2D eigenvalue weighted by Gasteiger charge is -2.34.